The first kappa shape index (κ1) is 14.5. The van der Waals surface area contributed by atoms with Crippen molar-refractivity contribution < 1.29 is 13.1 Å². The van der Waals surface area contributed by atoms with Crippen LogP contribution in [-0.4, -0.2) is 8.42 Å². The largest absolute Gasteiger partial charge is 0.306 e. The minimum Gasteiger partial charge on any atom is -0.197 e. The van der Waals surface area contributed by atoms with Gasteiger partial charge < -0.3 is 0 Å². The maximum atomic E-state index is 12.4. The van der Waals surface area contributed by atoms with Gasteiger partial charge in [-0.05, 0) is 31.5 Å². The smallest absolute Gasteiger partial charge is 0.197 e. The molecule has 1 heterocycles. The minimum atomic E-state index is -3.57. The Balaban J connectivity index is 2.41. The van der Waals surface area contributed by atoms with Crippen LogP contribution in [0.25, 0.3) is 0 Å². The number of sulfonamides is 1. The molecule has 2 rings (SSSR count). The number of benzene rings is 1. The van der Waals surface area contributed by atoms with Crippen LogP contribution in [-0.2, 0) is 10.0 Å². The highest BCUT2D eigenvalue weighted by atomic mass is 32.2. The maximum absolute atomic E-state index is 12.4. The summed E-state index contributed by atoms with van der Waals surface area (Å²) in [7, 11) is -3.57. The number of aryl methyl sites for hydroxylation is 4. The molecule has 0 aliphatic rings. The second-order valence-corrected chi connectivity index (χ2v) is 6.72. The number of nitrogens with one attached hydrogen (secondary N) is 1. The van der Waals surface area contributed by atoms with Crippen LogP contribution in [0.15, 0.2) is 41.3 Å². The van der Waals surface area contributed by atoms with Gasteiger partial charge in [-0.1, -0.05) is 27.2 Å². The Bertz CT molecular complexity index is 712. The van der Waals surface area contributed by atoms with Gasteiger partial charge in [0.1, 0.15) is 0 Å². The van der Waals surface area contributed by atoms with E-state index in [-0.39, 0.29) is 4.90 Å². The van der Waals surface area contributed by atoms with Crippen LogP contribution in [0.5, 0.6) is 0 Å². The predicted octanol–water partition coefficient (Wildman–Crippen LogP) is 2.14. The van der Waals surface area contributed by atoms with Crippen molar-refractivity contribution in [3.8, 4) is 0 Å². The zero-order valence-electron chi connectivity index (χ0n) is 12.1. The molecule has 4 nitrogen and oxygen atoms in total. The highest BCUT2D eigenvalue weighted by molar-refractivity contribution is 7.92. The van der Waals surface area contributed by atoms with E-state index in [0.717, 1.165) is 22.5 Å². The molecule has 0 aliphatic carbocycles. The third kappa shape index (κ3) is 2.99. The molecule has 0 bridgehead atoms. The summed E-state index contributed by atoms with van der Waals surface area (Å²) in [6.45, 7) is 7.65. The molecule has 0 atom stereocenters. The monoisotopic (exact) mass is 291 g/mol. The zero-order chi connectivity index (χ0) is 14.9. The molecule has 0 fully saturated rings. The van der Waals surface area contributed by atoms with Crippen molar-refractivity contribution in [3.05, 3.63) is 58.9 Å². The summed E-state index contributed by atoms with van der Waals surface area (Å²) in [6.07, 6.45) is 0. The SMILES string of the molecule is Cc1ccc(S(=O)(=O)N[n+]2c(C)cc(C)cc2C)cc1. The highest BCUT2D eigenvalue weighted by Crippen LogP contribution is 2.10. The van der Waals surface area contributed by atoms with E-state index >= 15 is 0 Å². The van der Waals surface area contributed by atoms with E-state index in [9.17, 15) is 8.42 Å². The Morgan fingerprint density at radius 1 is 0.850 bits per heavy atom. The minimum absolute atomic E-state index is 0.259. The number of rotatable bonds is 3. The van der Waals surface area contributed by atoms with Crippen molar-refractivity contribution >= 4 is 10.0 Å². The van der Waals surface area contributed by atoms with Crippen LogP contribution in [0.2, 0.25) is 0 Å². The average Bonchev–Trinajstić information content (AvgIpc) is 2.34. The first-order chi connectivity index (χ1) is 9.29. The highest BCUT2D eigenvalue weighted by Gasteiger charge is 2.22. The van der Waals surface area contributed by atoms with Crippen molar-refractivity contribution in [1.29, 1.82) is 0 Å². The maximum Gasteiger partial charge on any atom is 0.306 e. The Hall–Kier alpha value is -1.88. The van der Waals surface area contributed by atoms with Crippen molar-refractivity contribution in [3.63, 3.8) is 0 Å². The molecule has 106 valence electrons. The van der Waals surface area contributed by atoms with E-state index in [1.807, 2.05) is 39.8 Å². The van der Waals surface area contributed by atoms with E-state index in [1.54, 1.807) is 28.9 Å². The number of pyridine rings is 1. The average molecular weight is 291 g/mol. The Morgan fingerprint density at radius 3 is 1.85 bits per heavy atom. The lowest BCUT2D eigenvalue weighted by atomic mass is 10.2. The predicted molar refractivity (Wildman–Crippen MR) is 78.6 cm³/mol. The summed E-state index contributed by atoms with van der Waals surface area (Å²) in [4.78, 5) is 2.87. The molecule has 0 radical (unpaired) electrons. The normalized spacial score (nSPS) is 11.4. The molecular weight excluding hydrogens is 272 g/mol. The molecule has 20 heavy (non-hydrogen) atoms. The number of hydrogen-bond donors (Lipinski definition) is 1. The van der Waals surface area contributed by atoms with Gasteiger partial charge in [-0.25, -0.2) is 0 Å². The fourth-order valence-corrected chi connectivity index (χ4v) is 3.27. The third-order valence-corrected chi connectivity index (χ3v) is 4.44. The molecule has 1 aromatic carbocycles. The van der Waals surface area contributed by atoms with E-state index in [0.29, 0.717) is 0 Å². The van der Waals surface area contributed by atoms with Gasteiger partial charge in [0.25, 0.3) is 0 Å². The molecule has 5 heteroatoms. The van der Waals surface area contributed by atoms with Crippen LogP contribution in [0.1, 0.15) is 22.5 Å². The van der Waals surface area contributed by atoms with E-state index < -0.39 is 10.0 Å². The number of hydrogen-bond acceptors (Lipinski definition) is 2. The van der Waals surface area contributed by atoms with Gasteiger partial charge in [0, 0.05) is 26.0 Å². The van der Waals surface area contributed by atoms with Crippen LogP contribution in [0.4, 0.5) is 0 Å². The Labute approximate surface area is 120 Å². The summed E-state index contributed by atoms with van der Waals surface area (Å²) in [6, 6.07) is 10.7. The Morgan fingerprint density at radius 2 is 1.35 bits per heavy atom. The van der Waals surface area contributed by atoms with Crippen LogP contribution in [0, 0.1) is 27.7 Å². The fraction of sp³-hybridized carbons (Fsp3) is 0.267. The van der Waals surface area contributed by atoms with Crippen molar-refractivity contribution in [2.45, 2.75) is 32.6 Å². The lowest BCUT2D eigenvalue weighted by Crippen LogP contribution is -2.52. The lowest BCUT2D eigenvalue weighted by molar-refractivity contribution is -0.649. The molecule has 0 unspecified atom stereocenters. The molecule has 0 saturated heterocycles. The van der Waals surface area contributed by atoms with Crippen LogP contribution >= 0.6 is 0 Å². The van der Waals surface area contributed by atoms with Crippen molar-refractivity contribution in [1.82, 2.24) is 0 Å². The van der Waals surface area contributed by atoms with Gasteiger partial charge in [0.2, 0.25) is 11.4 Å². The quantitative estimate of drug-likeness (QED) is 0.881. The number of nitrogens with zero attached hydrogens (tertiary/aromatic N) is 1. The summed E-state index contributed by atoms with van der Waals surface area (Å²) >= 11 is 0. The summed E-state index contributed by atoms with van der Waals surface area (Å²) in [5.41, 5.74) is 3.82. The topological polar surface area (TPSA) is 50.1 Å². The van der Waals surface area contributed by atoms with Crippen molar-refractivity contribution in [2.75, 3.05) is 4.83 Å². The second kappa shape index (κ2) is 5.25. The lowest BCUT2D eigenvalue weighted by Gasteiger charge is -2.07. The van der Waals surface area contributed by atoms with Gasteiger partial charge in [-0.15, -0.1) is 0 Å². The van der Waals surface area contributed by atoms with Gasteiger partial charge in [0.05, 0.1) is 4.90 Å². The van der Waals surface area contributed by atoms with Gasteiger partial charge in [-0.3, -0.25) is 0 Å². The van der Waals surface area contributed by atoms with Gasteiger partial charge >= 0.3 is 10.0 Å². The molecule has 0 aliphatic heterocycles. The summed E-state index contributed by atoms with van der Waals surface area (Å²) in [5, 5.41) is 0. The Kier molecular flexibility index (Phi) is 3.81. The van der Waals surface area contributed by atoms with E-state index in [2.05, 4.69) is 4.83 Å². The van der Waals surface area contributed by atoms with E-state index in [1.165, 1.54) is 0 Å². The molecular formula is C15H19N2O2S+. The van der Waals surface area contributed by atoms with Crippen molar-refractivity contribution in [2.24, 2.45) is 0 Å². The van der Waals surface area contributed by atoms with Gasteiger partial charge in [-0.2, -0.15) is 8.42 Å². The van der Waals surface area contributed by atoms with Crippen LogP contribution in [0.3, 0.4) is 0 Å². The molecule has 0 spiro atoms. The third-order valence-electron chi connectivity index (χ3n) is 3.12. The summed E-state index contributed by atoms with van der Waals surface area (Å²) in [5.74, 6) is 0. The van der Waals surface area contributed by atoms with E-state index in [4.69, 9.17) is 0 Å². The zero-order valence-corrected chi connectivity index (χ0v) is 13.0. The standard InChI is InChI=1S/C15H19N2O2S/c1-11-5-7-15(8-6-11)20(18,19)16-17-13(3)9-12(2)10-14(17)4/h5-10,16H,1-4H3/q+1. The second-order valence-electron chi connectivity index (χ2n) is 5.06. The molecule has 0 amide bonds. The molecule has 2 aromatic rings. The summed E-state index contributed by atoms with van der Waals surface area (Å²) < 4.78 is 26.3. The number of aromatic nitrogens is 1. The molecule has 1 aromatic heterocycles. The molecule has 0 saturated carbocycles. The molecule has 1 N–H and O–H groups in total. The first-order valence-electron chi connectivity index (χ1n) is 6.39. The van der Waals surface area contributed by atoms with Gasteiger partial charge in [0.15, 0.2) is 0 Å². The fourth-order valence-electron chi connectivity index (χ4n) is 2.14. The first-order valence-corrected chi connectivity index (χ1v) is 7.87. The van der Waals surface area contributed by atoms with Crippen LogP contribution < -0.4 is 9.51 Å².